The van der Waals surface area contributed by atoms with Crippen LogP contribution in [0.2, 0.25) is 0 Å². The quantitative estimate of drug-likeness (QED) is 0.436. The van der Waals surface area contributed by atoms with Crippen molar-refractivity contribution in [3.63, 3.8) is 0 Å². The lowest BCUT2D eigenvalue weighted by Crippen LogP contribution is -1.88. The van der Waals surface area contributed by atoms with E-state index < -0.39 is 0 Å². The van der Waals surface area contributed by atoms with Crippen LogP contribution in [-0.2, 0) is 6.42 Å². The van der Waals surface area contributed by atoms with Crippen LogP contribution in [0.15, 0.2) is 42.5 Å². The second kappa shape index (κ2) is 6.06. The van der Waals surface area contributed by atoms with E-state index in [-0.39, 0.29) is 0 Å². The number of nitrogens with zero attached hydrogens (tertiary/aromatic N) is 2. The van der Waals surface area contributed by atoms with Gasteiger partial charge in [-0.15, -0.1) is 0 Å². The lowest BCUT2D eigenvalue weighted by molar-refractivity contribution is 0.796. The highest BCUT2D eigenvalue weighted by Gasteiger charge is 2.15. The minimum absolute atomic E-state index is 1.09. The van der Waals surface area contributed by atoms with Gasteiger partial charge in [-0.2, -0.15) is 0 Å². The molecule has 0 N–H and O–H groups in total. The average Bonchev–Trinajstić information content (AvgIpc) is 3.10. The van der Waals surface area contributed by atoms with Gasteiger partial charge in [0, 0.05) is 11.3 Å². The minimum Gasteiger partial charge on any atom is -0.287 e. The van der Waals surface area contributed by atoms with Gasteiger partial charge < -0.3 is 0 Å². The van der Waals surface area contributed by atoms with Gasteiger partial charge in [-0.3, -0.25) is 4.40 Å². The van der Waals surface area contributed by atoms with Gasteiger partial charge in [0.25, 0.3) is 0 Å². The Kier molecular flexibility index (Phi) is 3.89. The Morgan fingerprint density at radius 2 is 1.83 bits per heavy atom. The summed E-state index contributed by atoms with van der Waals surface area (Å²) in [5.74, 6) is 0. The van der Waals surface area contributed by atoms with E-state index in [1.54, 1.807) is 11.3 Å². The zero-order valence-electron chi connectivity index (χ0n) is 14.5. The second-order valence-electron chi connectivity index (χ2n) is 6.54. The van der Waals surface area contributed by atoms with Crippen LogP contribution in [0.4, 0.5) is 0 Å². The largest absolute Gasteiger partial charge is 0.287 e. The standard InChI is InChI=1S/C21H22N2S/c1-4-5-6-16-9-12-18-19(13-16)24-21-22-20(15(3)23(18)21)17-10-7-14(2)8-11-17/h7-13H,4-6H2,1-3H3. The molecule has 0 amide bonds. The number of aromatic nitrogens is 2. The Bertz CT molecular complexity index is 1010. The monoisotopic (exact) mass is 334 g/mol. The van der Waals surface area contributed by atoms with Gasteiger partial charge >= 0.3 is 0 Å². The van der Waals surface area contributed by atoms with Crippen molar-refractivity contribution in [1.29, 1.82) is 0 Å². The number of hydrogen-bond donors (Lipinski definition) is 0. The van der Waals surface area contributed by atoms with Crippen LogP contribution in [0.5, 0.6) is 0 Å². The Balaban J connectivity index is 1.83. The number of unbranched alkanes of at least 4 members (excludes halogenated alkanes) is 1. The summed E-state index contributed by atoms with van der Waals surface area (Å²) in [6.07, 6.45) is 3.66. The first-order chi connectivity index (χ1) is 11.7. The number of thiazole rings is 1. The van der Waals surface area contributed by atoms with Crippen LogP contribution >= 0.6 is 11.3 Å². The smallest absolute Gasteiger partial charge is 0.195 e. The lowest BCUT2D eigenvalue weighted by atomic mass is 10.1. The number of imidazole rings is 1. The molecule has 0 fully saturated rings. The number of benzene rings is 2. The van der Waals surface area contributed by atoms with Crippen molar-refractivity contribution in [2.75, 3.05) is 0 Å². The van der Waals surface area contributed by atoms with Gasteiger partial charge in [-0.25, -0.2) is 4.98 Å². The first-order valence-corrected chi connectivity index (χ1v) is 9.46. The molecule has 0 aliphatic heterocycles. The van der Waals surface area contributed by atoms with Crippen LogP contribution < -0.4 is 0 Å². The Morgan fingerprint density at radius 1 is 1.04 bits per heavy atom. The molecule has 24 heavy (non-hydrogen) atoms. The topological polar surface area (TPSA) is 17.3 Å². The zero-order valence-corrected chi connectivity index (χ0v) is 15.3. The third-order valence-electron chi connectivity index (χ3n) is 4.69. The summed E-state index contributed by atoms with van der Waals surface area (Å²) < 4.78 is 3.64. The van der Waals surface area contributed by atoms with E-state index in [1.165, 1.54) is 51.9 Å². The van der Waals surface area contributed by atoms with Gasteiger partial charge in [0.1, 0.15) is 0 Å². The molecule has 4 rings (SSSR count). The molecule has 2 heterocycles. The molecule has 2 aromatic carbocycles. The lowest BCUT2D eigenvalue weighted by Gasteiger charge is -2.02. The van der Waals surface area contributed by atoms with Crippen molar-refractivity contribution in [1.82, 2.24) is 9.38 Å². The SMILES string of the molecule is CCCCc1ccc2c(c1)sc1nc(-c3ccc(C)cc3)c(C)n12. The van der Waals surface area contributed by atoms with Crippen molar-refractivity contribution in [3.05, 3.63) is 59.3 Å². The third-order valence-corrected chi connectivity index (χ3v) is 5.69. The van der Waals surface area contributed by atoms with Crippen LogP contribution in [0.1, 0.15) is 36.6 Å². The highest BCUT2D eigenvalue weighted by atomic mass is 32.1. The summed E-state index contributed by atoms with van der Waals surface area (Å²) >= 11 is 1.79. The number of fused-ring (bicyclic) bond motifs is 3. The van der Waals surface area contributed by atoms with Crippen LogP contribution in [-0.4, -0.2) is 9.38 Å². The molecule has 4 aromatic rings. The van der Waals surface area contributed by atoms with Crippen LogP contribution in [0.3, 0.4) is 0 Å². The maximum atomic E-state index is 4.92. The van der Waals surface area contributed by atoms with Gasteiger partial charge in [-0.1, -0.05) is 60.6 Å². The molecule has 0 aliphatic rings. The normalized spacial score (nSPS) is 11.6. The minimum atomic E-state index is 1.09. The number of rotatable bonds is 4. The highest BCUT2D eigenvalue weighted by Crippen LogP contribution is 2.33. The maximum Gasteiger partial charge on any atom is 0.195 e. The molecule has 0 unspecified atom stereocenters. The van der Waals surface area contributed by atoms with E-state index in [9.17, 15) is 0 Å². The van der Waals surface area contributed by atoms with Crippen molar-refractivity contribution >= 4 is 26.5 Å². The Labute approximate surface area is 146 Å². The molecule has 0 atom stereocenters. The fourth-order valence-electron chi connectivity index (χ4n) is 3.27. The van der Waals surface area contributed by atoms with Gasteiger partial charge in [0.2, 0.25) is 0 Å². The van der Waals surface area contributed by atoms with Crippen molar-refractivity contribution in [2.45, 2.75) is 40.0 Å². The zero-order chi connectivity index (χ0) is 16.7. The van der Waals surface area contributed by atoms with Crippen molar-refractivity contribution in [3.8, 4) is 11.3 Å². The predicted molar refractivity (Wildman–Crippen MR) is 104 cm³/mol. The maximum absolute atomic E-state index is 4.92. The first-order valence-electron chi connectivity index (χ1n) is 8.65. The summed E-state index contributed by atoms with van der Waals surface area (Å²) in [7, 11) is 0. The summed E-state index contributed by atoms with van der Waals surface area (Å²) in [5, 5.41) is 0. The van der Waals surface area contributed by atoms with Gasteiger partial charge in [-0.05, 0) is 44.4 Å². The highest BCUT2D eigenvalue weighted by molar-refractivity contribution is 7.23. The van der Waals surface area contributed by atoms with E-state index in [2.05, 4.69) is 67.6 Å². The summed E-state index contributed by atoms with van der Waals surface area (Å²) in [6, 6.07) is 15.5. The molecule has 2 aromatic heterocycles. The summed E-state index contributed by atoms with van der Waals surface area (Å²) in [4.78, 5) is 6.01. The molecular formula is C21H22N2S. The van der Waals surface area contributed by atoms with Crippen molar-refractivity contribution < 1.29 is 0 Å². The van der Waals surface area contributed by atoms with E-state index in [0.29, 0.717) is 0 Å². The van der Waals surface area contributed by atoms with E-state index in [4.69, 9.17) is 4.98 Å². The molecule has 0 saturated heterocycles. The average molecular weight is 334 g/mol. The third kappa shape index (κ3) is 2.53. The predicted octanol–water partition coefficient (Wildman–Crippen LogP) is 6.18. The number of hydrogen-bond acceptors (Lipinski definition) is 2. The van der Waals surface area contributed by atoms with E-state index >= 15 is 0 Å². The first kappa shape index (κ1) is 15.4. The van der Waals surface area contributed by atoms with E-state index in [0.717, 1.165) is 10.7 Å². The fraction of sp³-hybridized carbons (Fsp3) is 0.286. The molecule has 0 aliphatic carbocycles. The molecule has 2 nitrogen and oxygen atoms in total. The van der Waals surface area contributed by atoms with Gasteiger partial charge in [0.15, 0.2) is 4.96 Å². The Hall–Kier alpha value is -2.13. The molecule has 0 saturated carbocycles. The van der Waals surface area contributed by atoms with Crippen molar-refractivity contribution in [2.24, 2.45) is 0 Å². The van der Waals surface area contributed by atoms with Crippen LogP contribution in [0.25, 0.3) is 26.4 Å². The molecule has 0 radical (unpaired) electrons. The Morgan fingerprint density at radius 3 is 2.58 bits per heavy atom. The molecule has 0 spiro atoms. The summed E-state index contributed by atoms with van der Waals surface area (Å²) in [5.41, 5.74) is 7.51. The summed E-state index contributed by atoms with van der Waals surface area (Å²) in [6.45, 7) is 6.53. The molecule has 3 heteroatoms. The molecule has 0 bridgehead atoms. The van der Waals surface area contributed by atoms with Crippen LogP contribution in [0, 0.1) is 13.8 Å². The molecule has 122 valence electrons. The van der Waals surface area contributed by atoms with Gasteiger partial charge in [0.05, 0.1) is 15.9 Å². The second-order valence-corrected chi connectivity index (χ2v) is 7.55. The molecular weight excluding hydrogens is 312 g/mol. The number of aryl methyl sites for hydroxylation is 3. The van der Waals surface area contributed by atoms with E-state index in [1.807, 2.05) is 0 Å². The fourth-order valence-corrected chi connectivity index (χ4v) is 4.41.